The van der Waals surface area contributed by atoms with Crippen LogP contribution in [-0.4, -0.2) is 15.0 Å². The molecule has 2 N–H and O–H groups in total. The molecule has 0 unspecified atom stereocenters. The Morgan fingerprint density at radius 2 is 1.35 bits per heavy atom. The van der Waals surface area contributed by atoms with E-state index in [-0.39, 0.29) is 17.4 Å². The second kappa shape index (κ2) is 4.73. The summed E-state index contributed by atoms with van der Waals surface area (Å²) < 4.78 is 67.2. The van der Waals surface area contributed by atoms with E-state index in [1.165, 1.54) is 0 Å². The fraction of sp³-hybridized carbons (Fsp3) is 0.273. The molecule has 108 valence electrons. The van der Waals surface area contributed by atoms with Gasteiger partial charge in [0.1, 0.15) is 5.69 Å². The van der Waals surface area contributed by atoms with Crippen LogP contribution in [-0.2, 0) is 0 Å². The lowest BCUT2D eigenvalue weighted by Gasteiger charge is -2.12. The predicted molar refractivity (Wildman–Crippen MR) is 59.7 cm³/mol. The molecule has 2 aromatic rings. The zero-order valence-corrected chi connectivity index (χ0v) is 10.4. The van der Waals surface area contributed by atoms with E-state index in [2.05, 4.69) is 10.3 Å². The molecule has 0 fully saturated rings. The summed E-state index contributed by atoms with van der Waals surface area (Å²) in [6.07, 6.45) is 0. The van der Waals surface area contributed by atoms with Gasteiger partial charge < -0.3 is 5.73 Å². The Morgan fingerprint density at radius 3 is 1.80 bits per heavy atom. The van der Waals surface area contributed by atoms with E-state index in [0.717, 1.165) is 0 Å². The molecule has 20 heavy (non-hydrogen) atoms. The average molecular weight is 292 g/mol. The monoisotopic (exact) mass is 292 g/mol. The maximum atomic E-state index is 13.7. The largest absolute Gasteiger partial charge is 0.381 e. The zero-order chi connectivity index (χ0) is 15.2. The second-order valence-electron chi connectivity index (χ2n) is 4.34. The van der Waals surface area contributed by atoms with Crippen LogP contribution >= 0.6 is 0 Å². The number of benzene rings is 1. The smallest absolute Gasteiger partial charge is 0.200 e. The van der Waals surface area contributed by atoms with Crippen LogP contribution in [0.25, 0.3) is 5.69 Å². The Labute approximate surface area is 110 Å². The molecule has 0 saturated heterocycles. The number of nitrogen functional groups attached to an aromatic ring is 1. The minimum absolute atomic E-state index is 0.0493. The van der Waals surface area contributed by atoms with Gasteiger partial charge >= 0.3 is 0 Å². The Morgan fingerprint density at radius 1 is 0.900 bits per heavy atom. The number of nitrogens with zero attached hydrogens (tertiary/aromatic N) is 3. The van der Waals surface area contributed by atoms with Crippen LogP contribution < -0.4 is 5.73 Å². The van der Waals surface area contributed by atoms with Crippen LogP contribution in [0, 0.1) is 29.1 Å². The summed E-state index contributed by atoms with van der Waals surface area (Å²) in [5, 5.41) is 6.74. The first-order chi connectivity index (χ1) is 9.27. The van der Waals surface area contributed by atoms with Gasteiger partial charge in [-0.3, -0.25) is 0 Å². The second-order valence-corrected chi connectivity index (χ2v) is 4.34. The standard InChI is InChI=1S/C11H9F5N4/c1-3(2)9-11(17)18-19-20(9)10-7(15)5(13)4(12)6(14)8(10)16/h3H,17H2,1-2H3. The molecule has 2 rings (SSSR count). The van der Waals surface area contributed by atoms with Crippen molar-refractivity contribution in [2.24, 2.45) is 0 Å². The number of rotatable bonds is 2. The van der Waals surface area contributed by atoms with Gasteiger partial charge in [-0.1, -0.05) is 19.1 Å². The van der Waals surface area contributed by atoms with Crippen molar-refractivity contribution in [3.8, 4) is 5.69 Å². The summed E-state index contributed by atoms with van der Waals surface area (Å²) >= 11 is 0. The van der Waals surface area contributed by atoms with Gasteiger partial charge in [-0.15, -0.1) is 5.10 Å². The zero-order valence-electron chi connectivity index (χ0n) is 10.4. The van der Waals surface area contributed by atoms with E-state index in [1.807, 2.05) is 0 Å². The normalized spacial score (nSPS) is 11.4. The Balaban J connectivity index is 2.84. The summed E-state index contributed by atoms with van der Waals surface area (Å²) in [6, 6.07) is 0. The van der Waals surface area contributed by atoms with Crippen molar-refractivity contribution in [2.45, 2.75) is 19.8 Å². The molecule has 0 aliphatic carbocycles. The van der Waals surface area contributed by atoms with Crippen LogP contribution in [0.3, 0.4) is 0 Å². The molecule has 0 radical (unpaired) electrons. The summed E-state index contributed by atoms with van der Waals surface area (Å²) in [4.78, 5) is 0. The number of hydrogen-bond acceptors (Lipinski definition) is 3. The fourth-order valence-corrected chi connectivity index (χ4v) is 1.79. The van der Waals surface area contributed by atoms with E-state index in [0.29, 0.717) is 4.68 Å². The van der Waals surface area contributed by atoms with Crippen molar-refractivity contribution in [1.29, 1.82) is 0 Å². The maximum absolute atomic E-state index is 13.7. The Hall–Kier alpha value is -2.19. The fourth-order valence-electron chi connectivity index (χ4n) is 1.79. The summed E-state index contributed by atoms with van der Waals surface area (Å²) in [5.41, 5.74) is 4.33. The van der Waals surface area contributed by atoms with Crippen LogP contribution in [0.1, 0.15) is 25.5 Å². The molecule has 0 aliphatic heterocycles. The van der Waals surface area contributed by atoms with Gasteiger partial charge in [-0.25, -0.2) is 26.6 Å². The molecule has 0 atom stereocenters. The highest BCUT2D eigenvalue weighted by Crippen LogP contribution is 2.29. The van der Waals surface area contributed by atoms with Gasteiger partial charge in [0.05, 0.1) is 5.69 Å². The topological polar surface area (TPSA) is 56.7 Å². The minimum Gasteiger partial charge on any atom is -0.381 e. The highest BCUT2D eigenvalue weighted by Gasteiger charge is 2.29. The number of halogens is 5. The van der Waals surface area contributed by atoms with E-state index in [9.17, 15) is 22.0 Å². The predicted octanol–water partition coefficient (Wildman–Crippen LogP) is 2.67. The molecule has 1 aromatic carbocycles. The summed E-state index contributed by atoms with van der Waals surface area (Å²) in [5.74, 6) is -10.9. The molecule has 0 spiro atoms. The number of nitrogens with two attached hydrogens (primary N) is 1. The molecule has 0 amide bonds. The van der Waals surface area contributed by atoms with Crippen molar-refractivity contribution in [2.75, 3.05) is 5.73 Å². The number of anilines is 1. The first kappa shape index (κ1) is 14.2. The van der Waals surface area contributed by atoms with Crippen molar-refractivity contribution in [1.82, 2.24) is 15.0 Å². The Kier molecular flexibility index (Phi) is 3.36. The first-order valence-electron chi connectivity index (χ1n) is 5.50. The van der Waals surface area contributed by atoms with Crippen molar-refractivity contribution in [3.63, 3.8) is 0 Å². The molecular weight excluding hydrogens is 283 g/mol. The van der Waals surface area contributed by atoms with E-state index in [4.69, 9.17) is 5.73 Å². The van der Waals surface area contributed by atoms with E-state index in [1.54, 1.807) is 13.8 Å². The van der Waals surface area contributed by atoms with Gasteiger partial charge in [-0.05, 0) is 5.92 Å². The quantitative estimate of drug-likeness (QED) is 0.526. The lowest BCUT2D eigenvalue weighted by atomic mass is 10.1. The van der Waals surface area contributed by atoms with Gasteiger partial charge in [0.15, 0.2) is 29.1 Å². The van der Waals surface area contributed by atoms with Crippen LogP contribution in [0.4, 0.5) is 27.8 Å². The van der Waals surface area contributed by atoms with E-state index >= 15 is 0 Å². The summed E-state index contributed by atoms with van der Waals surface area (Å²) in [6.45, 7) is 3.22. The third-order valence-corrected chi connectivity index (χ3v) is 2.68. The lowest BCUT2D eigenvalue weighted by Crippen LogP contribution is -2.14. The van der Waals surface area contributed by atoms with Gasteiger partial charge in [0.2, 0.25) is 5.82 Å². The highest BCUT2D eigenvalue weighted by atomic mass is 19.2. The molecule has 9 heteroatoms. The minimum atomic E-state index is -2.23. The van der Waals surface area contributed by atoms with E-state index < -0.39 is 34.8 Å². The number of hydrogen-bond donors (Lipinski definition) is 1. The lowest BCUT2D eigenvalue weighted by molar-refractivity contribution is 0.372. The van der Waals surface area contributed by atoms with Gasteiger partial charge in [0.25, 0.3) is 0 Å². The van der Waals surface area contributed by atoms with Crippen molar-refractivity contribution < 1.29 is 22.0 Å². The SMILES string of the molecule is CC(C)c1c(N)nnn1-c1c(F)c(F)c(F)c(F)c1F. The third-order valence-electron chi connectivity index (χ3n) is 2.68. The van der Waals surface area contributed by atoms with Gasteiger partial charge in [0, 0.05) is 0 Å². The molecule has 0 bridgehead atoms. The summed E-state index contributed by atoms with van der Waals surface area (Å²) in [7, 11) is 0. The van der Waals surface area contributed by atoms with Crippen LogP contribution in [0.5, 0.6) is 0 Å². The van der Waals surface area contributed by atoms with Crippen molar-refractivity contribution in [3.05, 3.63) is 34.8 Å². The first-order valence-corrected chi connectivity index (χ1v) is 5.50. The van der Waals surface area contributed by atoms with Gasteiger partial charge in [-0.2, -0.15) is 0 Å². The average Bonchev–Trinajstić information content (AvgIpc) is 2.76. The Bertz CT molecular complexity index is 651. The molecule has 1 aromatic heterocycles. The van der Waals surface area contributed by atoms with Crippen LogP contribution in [0.15, 0.2) is 0 Å². The molecule has 0 saturated carbocycles. The third kappa shape index (κ3) is 1.89. The molecule has 4 nitrogen and oxygen atoms in total. The maximum Gasteiger partial charge on any atom is 0.200 e. The molecule has 0 aliphatic rings. The highest BCUT2D eigenvalue weighted by molar-refractivity contribution is 5.44. The van der Waals surface area contributed by atoms with Crippen LogP contribution in [0.2, 0.25) is 0 Å². The molecular formula is C11H9F5N4. The molecule has 1 heterocycles. The van der Waals surface area contributed by atoms with Crippen molar-refractivity contribution >= 4 is 5.82 Å². The number of aromatic nitrogens is 3.